The van der Waals surface area contributed by atoms with Crippen molar-refractivity contribution in [3.8, 4) is 23.3 Å². The van der Waals surface area contributed by atoms with Gasteiger partial charge in [0, 0.05) is 36.8 Å². The Balaban J connectivity index is 1.70. The van der Waals surface area contributed by atoms with Gasteiger partial charge in [-0.15, -0.1) is 0 Å². The Bertz CT molecular complexity index is 1710. The summed E-state index contributed by atoms with van der Waals surface area (Å²) in [5.74, 6) is -0.503. The van der Waals surface area contributed by atoms with Gasteiger partial charge in [-0.3, -0.25) is 19.3 Å². The average molecular weight is 588 g/mol. The van der Waals surface area contributed by atoms with Crippen molar-refractivity contribution in [3.63, 3.8) is 0 Å². The van der Waals surface area contributed by atoms with Crippen LogP contribution in [0, 0.1) is 23.7 Å². The van der Waals surface area contributed by atoms with Crippen molar-refractivity contribution in [2.45, 2.75) is 24.5 Å². The lowest BCUT2D eigenvalue weighted by Gasteiger charge is -2.50. The first kappa shape index (κ1) is 29.7. The van der Waals surface area contributed by atoms with Gasteiger partial charge in [-0.05, 0) is 62.7 Å². The number of nitrogens with two attached hydrogens (primary N) is 1. The number of carbonyl (C=O) groups is 3. The number of ketones is 2. The quantitative estimate of drug-likeness (QED) is 0.261. The molecule has 11 heteroatoms. The normalized spacial score (nSPS) is 24.6. The van der Waals surface area contributed by atoms with E-state index >= 15 is 0 Å². The van der Waals surface area contributed by atoms with Crippen molar-refractivity contribution in [1.29, 1.82) is 0 Å². The Hall–Kier alpha value is -4.79. The first-order chi connectivity index (χ1) is 20.2. The van der Waals surface area contributed by atoms with Crippen LogP contribution in [0.25, 0.3) is 0 Å². The Morgan fingerprint density at radius 2 is 1.79 bits per heavy atom. The lowest BCUT2D eigenvalue weighted by atomic mass is 9.58. The predicted octanol–water partition coefficient (Wildman–Crippen LogP) is 1.59. The third kappa shape index (κ3) is 4.42. The van der Waals surface area contributed by atoms with Crippen molar-refractivity contribution in [2.75, 3.05) is 40.2 Å². The SMILES string of the molecule is COc1cccc(C#Cc2cc(N(C)C)c3c(c2O)C(=O)C2=C(O)[C@]4(O)C(=O)C(C(N)=O)=C(O)[C@H](N(C)C)[C@@H]4C[C@@H]2C3)c1. The van der Waals surface area contributed by atoms with Gasteiger partial charge in [-0.1, -0.05) is 17.9 Å². The molecule has 0 bridgehead atoms. The van der Waals surface area contributed by atoms with E-state index in [-0.39, 0.29) is 29.5 Å². The van der Waals surface area contributed by atoms with Crippen molar-refractivity contribution < 1.29 is 39.5 Å². The van der Waals surface area contributed by atoms with Crippen LogP contribution in [0.4, 0.5) is 5.69 Å². The van der Waals surface area contributed by atoms with E-state index in [0.29, 0.717) is 22.6 Å². The third-order valence-electron chi connectivity index (χ3n) is 8.59. The molecule has 0 unspecified atom stereocenters. The van der Waals surface area contributed by atoms with Crippen LogP contribution in [0.3, 0.4) is 0 Å². The predicted molar refractivity (Wildman–Crippen MR) is 157 cm³/mol. The van der Waals surface area contributed by atoms with E-state index in [1.54, 1.807) is 63.4 Å². The summed E-state index contributed by atoms with van der Waals surface area (Å²) in [4.78, 5) is 43.1. The van der Waals surface area contributed by atoms with Crippen LogP contribution in [0.1, 0.15) is 33.5 Å². The number of fused-ring (bicyclic) bond motifs is 3. The molecule has 4 atom stereocenters. The monoisotopic (exact) mass is 587 g/mol. The maximum atomic E-state index is 14.1. The number of amides is 1. The van der Waals surface area contributed by atoms with Crippen molar-refractivity contribution >= 4 is 23.2 Å². The molecule has 0 fully saturated rings. The molecule has 2 aromatic rings. The number of aliphatic hydroxyl groups excluding tert-OH is 2. The first-order valence-corrected chi connectivity index (χ1v) is 13.6. The summed E-state index contributed by atoms with van der Waals surface area (Å²) in [5, 5.41) is 45.6. The molecule has 3 aliphatic carbocycles. The number of ether oxygens (including phenoxy) is 1. The lowest BCUT2D eigenvalue weighted by Crippen LogP contribution is -2.63. The summed E-state index contributed by atoms with van der Waals surface area (Å²) in [6, 6.07) is 7.66. The molecule has 224 valence electrons. The van der Waals surface area contributed by atoms with E-state index < -0.39 is 63.8 Å². The zero-order valence-electron chi connectivity index (χ0n) is 24.4. The van der Waals surface area contributed by atoms with Gasteiger partial charge in [0.1, 0.15) is 28.6 Å². The van der Waals surface area contributed by atoms with Crippen molar-refractivity contribution in [2.24, 2.45) is 17.6 Å². The number of rotatable bonds is 4. The summed E-state index contributed by atoms with van der Waals surface area (Å²) in [5.41, 5.74) is 3.45. The second kappa shape index (κ2) is 10.5. The molecule has 0 spiro atoms. The van der Waals surface area contributed by atoms with Crippen molar-refractivity contribution in [3.05, 3.63) is 75.3 Å². The summed E-state index contributed by atoms with van der Waals surface area (Å²) in [6.45, 7) is 0. The zero-order chi connectivity index (χ0) is 31.5. The summed E-state index contributed by atoms with van der Waals surface area (Å²) in [7, 11) is 8.28. The fourth-order valence-corrected chi connectivity index (χ4v) is 6.63. The van der Waals surface area contributed by atoms with E-state index in [1.165, 1.54) is 12.0 Å². The molecule has 0 saturated heterocycles. The second-order valence-corrected chi connectivity index (χ2v) is 11.5. The van der Waals surface area contributed by atoms with Crippen LogP contribution >= 0.6 is 0 Å². The first-order valence-electron chi connectivity index (χ1n) is 13.6. The number of primary amides is 1. The van der Waals surface area contributed by atoms with Gasteiger partial charge < -0.3 is 35.8 Å². The largest absolute Gasteiger partial charge is 0.510 e. The molecule has 0 saturated carbocycles. The van der Waals surface area contributed by atoms with E-state index in [0.717, 1.165) is 0 Å². The van der Waals surface area contributed by atoms with Gasteiger partial charge in [-0.25, -0.2) is 0 Å². The number of aromatic hydroxyl groups is 1. The molecule has 5 rings (SSSR count). The van der Waals surface area contributed by atoms with Gasteiger partial charge in [0.2, 0.25) is 5.78 Å². The molecule has 6 N–H and O–H groups in total. The molecular formula is C32H33N3O8. The van der Waals surface area contributed by atoms with Gasteiger partial charge in [0.15, 0.2) is 11.4 Å². The van der Waals surface area contributed by atoms with Crippen LogP contribution in [0.15, 0.2) is 53.0 Å². The van der Waals surface area contributed by atoms with Gasteiger partial charge in [0.05, 0.1) is 24.3 Å². The number of allylic oxidation sites excluding steroid dienone is 1. The molecule has 1 amide bonds. The van der Waals surface area contributed by atoms with E-state index in [4.69, 9.17) is 10.5 Å². The molecule has 0 aromatic heterocycles. The molecule has 11 nitrogen and oxygen atoms in total. The third-order valence-corrected chi connectivity index (χ3v) is 8.59. The number of hydrogen-bond acceptors (Lipinski definition) is 10. The number of hydrogen-bond donors (Lipinski definition) is 5. The standard InChI is InChI=1S/C32H33N3O8/c1-34(2)21-14-16(10-9-15-7-6-8-18(11-15)43-5)26(36)23-19(21)12-17-13-20-25(35(3)4)28(38)24(31(33)41)30(40)32(20,42)29(39)22(17)27(23)37/h6-8,11,14,17,20,25,36,38-39,42H,12-13H2,1-5H3,(H2,33,41)/t17-,20-,25+,32-/m0/s1. The maximum absolute atomic E-state index is 14.1. The highest BCUT2D eigenvalue weighted by Crippen LogP contribution is 2.53. The maximum Gasteiger partial charge on any atom is 0.255 e. The highest BCUT2D eigenvalue weighted by Gasteiger charge is 2.63. The lowest BCUT2D eigenvalue weighted by molar-refractivity contribution is -0.148. The molecule has 0 aliphatic heterocycles. The van der Waals surface area contributed by atoms with Crippen LogP contribution in [-0.2, 0) is 16.0 Å². The minimum Gasteiger partial charge on any atom is -0.510 e. The molecule has 2 aromatic carbocycles. The highest BCUT2D eigenvalue weighted by atomic mass is 16.5. The van der Waals surface area contributed by atoms with Gasteiger partial charge >= 0.3 is 0 Å². The van der Waals surface area contributed by atoms with Gasteiger partial charge in [0.25, 0.3) is 5.91 Å². The minimum absolute atomic E-state index is 0.0107. The second-order valence-electron chi connectivity index (χ2n) is 11.5. The number of phenolic OH excluding ortho intramolecular Hbond substituents is 1. The Morgan fingerprint density at radius 3 is 2.40 bits per heavy atom. The number of nitrogens with zero attached hydrogens (tertiary/aromatic N) is 2. The highest BCUT2D eigenvalue weighted by molar-refractivity contribution is 6.25. The van der Waals surface area contributed by atoms with E-state index in [9.17, 15) is 34.8 Å². The number of methoxy groups -OCH3 is 1. The van der Waals surface area contributed by atoms with Crippen molar-refractivity contribution in [1.82, 2.24) is 4.90 Å². The molecular weight excluding hydrogens is 554 g/mol. The van der Waals surface area contributed by atoms with Crippen LogP contribution < -0.4 is 15.4 Å². The average Bonchev–Trinajstić information content (AvgIpc) is 2.94. The number of aliphatic hydroxyl groups is 3. The number of anilines is 1. The fourth-order valence-electron chi connectivity index (χ4n) is 6.63. The van der Waals surface area contributed by atoms with E-state index in [2.05, 4.69) is 11.8 Å². The van der Waals surface area contributed by atoms with Crippen LogP contribution in [0.2, 0.25) is 0 Å². The Labute approximate surface area is 248 Å². The number of likely N-dealkylation sites (N-methyl/N-ethyl adjacent to an activating group) is 1. The Kier molecular flexibility index (Phi) is 7.24. The zero-order valence-corrected chi connectivity index (χ0v) is 24.4. The summed E-state index contributed by atoms with van der Waals surface area (Å²) < 4.78 is 5.24. The van der Waals surface area contributed by atoms with Crippen LogP contribution in [-0.4, -0.2) is 89.7 Å². The smallest absolute Gasteiger partial charge is 0.255 e. The molecule has 3 aliphatic rings. The van der Waals surface area contributed by atoms with E-state index in [1.807, 2.05) is 0 Å². The minimum atomic E-state index is -2.70. The number of phenols is 1. The molecule has 0 heterocycles. The fraction of sp³-hybridized carbons (Fsp3) is 0.344. The molecule has 0 radical (unpaired) electrons. The van der Waals surface area contributed by atoms with Gasteiger partial charge in [-0.2, -0.15) is 0 Å². The number of benzene rings is 2. The summed E-state index contributed by atoms with van der Waals surface area (Å²) in [6.07, 6.45) is 0.190. The summed E-state index contributed by atoms with van der Waals surface area (Å²) >= 11 is 0. The number of Topliss-reactive ketones (excluding diaryl/α,β-unsaturated/α-hetero) is 2. The van der Waals surface area contributed by atoms with Crippen LogP contribution in [0.5, 0.6) is 11.5 Å². The topological polar surface area (TPSA) is 174 Å². The Morgan fingerprint density at radius 1 is 1.09 bits per heavy atom. The molecule has 43 heavy (non-hydrogen) atoms. The number of carbonyl (C=O) groups excluding carboxylic acids is 3.